The van der Waals surface area contributed by atoms with E-state index in [1.54, 1.807) is 11.3 Å². The second-order valence-corrected chi connectivity index (χ2v) is 5.32. The third-order valence-electron chi connectivity index (χ3n) is 1.62. The van der Waals surface area contributed by atoms with E-state index in [0.29, 0.717) is 0 Å². The molecular weight excluding hydrogens is 252 g/mol. The molecule has 74 valence electrons. The van der Waals surface area contributed by atoms with Gasteiger partial charge >= 0.3 is 0 Å². The molecule has 0 aliphatic heterocycles. The SMILES string of the molecule is CC(C)(CO)CNc1nc(Br)cs1. The second kappa shape index (κ2) is 4.39. The van der Waals surface area contributed by atoms with E-state index in [0.717, 1.165) is 16.3 Å². The lowest BCUT2D eigenvalue weighted by Crippen LogP contribution is -2.26. The average molecular weight is 265 g/mol. The van der Waals surface area contributed by atoms with Gasteiger partial charge in [-0.3, -0.25) is 0 Å². The molecule has 1 aromatic rings. The first-order chi connectivity index (χ1) is 6.03. The van der Waals surface area contributed by atoms with Crippen molar-refractivity contribution in [3.05, 3.63) is 9.98 Å². The number of rotatable bonds is 4. The lowest BCUT2D eigenvalue weighted by Gasteiger charge is -2.21. The van der Waals surface area contributed by atoms with Gasteiger partial charge < -0.3 is 10.4 Å². The van der Waals surface area contributed by atoms with Crippen molar-refractivity contribution < 1.29 is 5.11 Å². The third-order valence-corrected chi connectivity index (χ3v) is 3.13. The molecule has 1 heterocycles. The summed E-state index contributed by atoms with van der Waals surface area (Å²) in [5, 5.41) is 15.0. The summed E-state index contributed by atoms with van der Waals surface area (Å²) in [4.78, 5) is 4.19. The molecule has 1 rings (SSSR count). The number of aliphatic hydroxyl groups is 1. The molecule has 5 heteroatoms. The quantitative estimate of drug-likeness (QED) is 0.878. The van der Waals surface area contributed by atoms with Crippen LogP contribution in [-0.4, -0.2) is 23.2 Å². The van der Waals surface area contributed by atoms with Crippen molar-refractivity contribution in [2.24, 2.45) is 5.41 Å². The third kappa shape index (κ3) is 3.62. The molecule has 0 aliphatic rings. The Bertz CT molecular complexity index is 275. The van der Waals surface area contributed by atoms with Crippen molar-refractivity contribution in [2.45, 2.75) is 13.8 Å². The highest BCUT2D eigenvalue weighted by molar-refractivity contribution is 9.10. The van der Waals surface area contributed by atoms with Gasteiger partial charge in [0.25, 0.3) is 0 Å². The number of halogens is 1. The number of thiazole rings is 1. The molecule has 0 aliphatic carbocycles. The Balaban J connectivity index is 2.43. The molecule has 0 saturated carbocycles. The minimum Gasteiger partial charge on any atom is -0.396 e. The van der Waals surface area contributed by atoms with Crippen molar-refractivity contribution in [1.82, 2.24) is 4.98 Å². The van der Waals surface area contributed by atoms with Gasteiger partial charge in [0.15, 0.2) is 5.13 Å². The Hall–Kier alpha value is -0.130. The van der Waals surface area contributed by atoms with Gasteiger partial charge in [-0.2, -0.15) is 0 Å². The lowest BCUT2D eigenvalue weighted by molar-refractivity contribution is 0.171. The lowest BCUT2D eigenvalue weighted by atomic mass is 9.95. The topological polar surface area (TPSA) is 45.1 Å². The molecule has 0 saturated heterocycles. The largest absolute Gasteiger partial charge is 0.396 e. The van der Waals surface area contributed by atoms with Crippen LogP contribution in [0.5, 0.6) is 0 Å². The molecular formula is C8H13BrN2OS. The summed E-state index contributed by atoms with van der Waals surface area (Å²) < 4.78 is 0.849. The van der Waals surface area contributed by atoms with Crippen molar-refractivity contribution in [1.29, 1.82) is 0 Å². The van der Waals surface area contributed by atoms with E-state index in [9.17, 15) is 0 Å². The number of anilines is 1. The maximum Gasteiger partial charge on any atom is 0.183 e. The number of aliphatic hydroxyl groups excluding tert-OH is 1. The maximum atomic E-state index is 9.01. The number of nitrogens with zero attached hydrogens (tertiary/aromatic N) is 1. The van der Waals surface area contributed by atoms with E-state index in [1.807, 2.05) is 19.2 Å². The van der Waals surface area contributed by atoms with Crippen molar-refractivity contribution >= 4 is 32.4 Å². The molecule has 0 bridgehead atoms. The van der Waals surface area contributed by atoms with Crippen LogP contribution in [0.3, 0.4) is 0 Å². The molecule has 0 radical (unpaired) electrons. The highest BCUT2D eigenvalue weighted by Gasteiger charge is 2.16. The predicted molar refractivity (Wildman–Crippen MR) is 59.2 cm³/mol. The first-order valence-electron chi connectivity index (χ1n) is 3.99. The molecule has 0 fully saturated rings. The first-order valence-corrected chi connectivity index (χ1v) is 5.66. The van der Waals surface area contributed by atoms with Crippen LogP contribution in [0.15, 0.2) is 9.98 Å². The van der Waals surface area contributed by atoms with Crippen molar-refractivity contribution in [3.63, 3.8) is 0 Å². The smallest absolute Gasteiger partial charge is 0.183 e. The summed E-state index contributed by atoms with van der Waals surface area (Å²) in [5.74, 6) is 0. The molecule has 3 nitrogen and oxygen atoms in total. The van der Waals surface area contributed by atoms with Crippen molar-refractivity contribution in [2.75, 3.05) is 18.5 Å². The van der Waals surface area contributed by atoms with Crippen LogP contribution in [0.2, 0.25) is 0 Å². The summed E-state index contributed by atoms with van der Waals surface area (Å²) in [5.41, 5.74) is -0.0991. The van der Waals surface area contributed by atoms with Gasteiger partial charge in [0.2, 0.25) is 0 Å². The Labute approximate surface area is 90.3 Å². The van der Waals surface area contributed by atoms with E-state index in [2.05, 4.69) is 26.2 Å². The van der Waals surface area contributed by atoms with Crippen LogP contribution in [0, 0.1) is 5.41 Å². The van der Waals surface area contributed by atoms with Gasteiger partial charge in [-0.15, -0.1) is 11.3 Å². The average Bonchev–Trinajstić information content (AvgIpc) is 2.48. The molecule has 0 amide bonds. The zero-order valence-electron chi connectivity index (χ0n) is 7.67. The summed E-state index contributed by atoms with van der Waals surface area (Å²) in [7, 11) is 0. The summed E-state index contributed by atoms with van der Waals surface area (Å²) >= 11 is 4.83. The van der Waals surface area contributed by atoms with E-state index < -0.39 is 0 Å². The van der Waals surface area contributed by atoms with Gasteiger partial charge in [0, 0.05) is 23.9 Å². The van der Waals surface area contributed by atoms with Crippen LogP contribution < -0.4 is 5.32 Å². The molecule has 0 spiro atoms. The predicted octanol–water partition coefficient (Wildman–Crippen LogP) is 2.34. The summed E-state index contributed by atoms with van der Waals surface area (Å²) in [6, 6.07) is 0. The molecule has 1 aromatic heterocycles. The second-order valence-electron chi connectivity index (χ2n) is 3.65. The Morgan fingerprint density at radius 1 is 1.69 bits per heavy atom. The van der Waals surface area contributed by atoms with E-state index in [4.69, 9.17) is 5.11 Å². The Morgan fingerprint density at radius 3 is 2.85 bits per heavy atom. The van der Waals surface area contributed by atoms with Crippen LogP contribution in [0.1, 0.15) is 13.8 Å². The number of nitrogens with one attached hydrogen (secondary N) is 1. The van der Waals surface area contributed by atoms with Crippen molar-refractivity contribution in [3.8, 4) is 0 Å². The fourth-order valence-electron chi connectivity index (χ4n) is 0.706. The van der Waals surface area contributed by atoms with Gasteiger partial charge in [-0.25, -0.2) is 4.98 Å². The molecule has 13 heavy (non-hydrogen) atoms. The van der Waals surface area contributed by atoms with Crippen LogP contribution in [0.4, 0.5) is 5.13 Å². The van der Waals surface area contributed by atoms with Gasteiger partial charge in [-0.1, -0.05) is 13.8 Å². The minimum absolute atomic E-state index is 0.0991. The number of hydrogen-bond donors (Lipinski definition) is 2. The highest BCUT2D eigenvalue weighted by Crippen LogP contribution is 2.21. The maximum absolute atomic E-state index is 9.01. The number of aromatic nitrogens is 1. The fourth-order valence-corrected chi connectivity index (χ4v) is 1.85. The zero-order valence-corrected chi connectivity index (χ0v) is 10.1. The normalized spacial score (nSPS) is 11.7. The van der Waals surface area contributed by atoms with Crippen LogP contribution >= 0.6 is 27.3 Å². The minimum atomic E-state index is -0.0991. The van der Waals surface area contributed by atoms with Gasteiger partial charge in [-0.05, 0) is 15.9 Å². The fraction of sp³-hybridized carbons (Fsp3) is 0.625. The van der Waals surface area contributed by atoms with E-state index in [1.165, 1.54) is 0 Å². The Kier molecular flexibility index (Phi) is 3.70. The van der Waals surface area contributed by atoms with E-state index in [-0.39, 0.29) is 12.0 Å². The van der Waals surface area contributed by atoms with Gasteiger partial charge in [0.05, 0.1) is 0 Å². The van der Waals surface area contributed by atoms with Crippen LogP contribution in [-0.2, 0) is 0 Å². The zero-order chi connectivity index (χ0) is 9.90. The number of hydrogen-bond acceptors (Lipinski definition) is 4. The van der Waals surface area contributed by atoms with Gasteiger partial charge in [0.1, 0.15) is 4.60 Å². The molecule has 0 unspecified atom stereocenters. The highest BCUT2D eigenvalue weighted by atomic mass is 79.9. The summed E-state index contributed by atoms with van der Waals surface area (Å²) in [6.07, 6.45) is 0. The molecule has 0 atom stereocenters. The first kappa shape index (κ1) is 10.9. The molecule has 0 aromatic carbocycles. The summed E-state index contributed by atoms with van der Waals surface area (Å²) in [6.45, 7) is 4.90. The molecule has 2 N–H and O–H groups in total. The monoisotopic (exact) mass is 264 g/mol. The standard InChI is InChI=1S/C8H13BrN2OS/c1-8(2,5-12)4-10-7-11-6(9)3-13-7/h3,12H,4-5H2,1-2H3,(H,10,11). The Morgan fingerprint density at radius 2 is 2.38 bits per heavy atom. The van der Waals surface area contributed by atoms with Crippen LogP contribution in [0.25, 0.3) is 0 Å². The van der Waals surface area contributed by atoms with E-state index >= 15 is 0 Å².